The molecular formula is C35H68O6. The van der Waals surface area contributed by atoms with Crippen molar-refractivity contribution in [2.75, 3.05) is 13.2 Å². The van der Waals surface area contributed by atoms with E-state index in [1.165, 1.54) is 0 Å². The van der Waals surface area contributed by atoms with E-state index in [0.29, 0.717) is 13.2 Å². The van der Waals surface area contributed by atoms with Crippen molar-refractivity contribution in [3.05, 3.63) is 0 Å². The minimum absolute atomic E-state index is 0.0321. The van der Waals surface area contributed by atoms with E-state index in [-0.39, 0.29) is 35.9 Å². The summed E-state index contributed by atoms with van der Waals surface area (Å²) in [4.78, 5) is 0. The third kappa shape index (κ3) is 8.91. The fourth-order valence-electron chi connectivity index (χ4n) is 8.43. The van der Waals surface area contributed by atoms with Crippen LogP contribution in [-0.4, -0.2) is 68.3 Å². The quantitative estimate of drug-likeness (QED) is 0.127. The summed E-state index contributed by atoms with van der Waals surface area (Å²) in [5.41, 5.74) is -2.84. The molecule has 0 radical (unpaired) electrons. The molecule has 0 aromatic rings. The summed E-state index contributed by atoms with van der Waals surface area (Å²) in [5, 5.41) is 45.6. The van der Waals surface area contributed by atoms with Crippen LogP contribution in [0.4, 0.5) is 0 Å². The predicted octanol–water partition coefficient (Wildman–Crippen LogP) is 7.18. The van der Waals surface area contributed by atoms with Gasteiger partial charge in [-0.05, 0) is 120 Å². The minimum atomic E-state index is -0.711. The van der Waals surface area contributed by atoms with Crippen molar-refractivity contribution in [3.8, 4) is 0 Å². The van der Waals surface area contributed by atoms with E-state index in [1.807, 2.05) is 0 Å². The van der Waals surface area contributed by atoms with Gasteiger partial charge in [-0.2, -0.15) is 0 Å². The van der Waals surface area contributed by atoms with Crippen LogP contribution in [0.15, 0.2) is 0 Å². The maximum absolute atomic E-state index is 11.4. The monoisotopic (exact) mass is 585 g/mol. The van der Waals surface area contributed by atoms with Gasteiger partial charge in [0.15, 0.2) is 0 Å². The van der Waals surface area contributed by atoms with E-state index in [1.54, 1.807) is 0 Å². The zero-order valence-electron chi connectivity index (χ0n) is 28.1. The van der Waals surface area contributed by atoms with Crippen LogP contribution in [0.5, 0.6) is 0 Å². The molecule has 6 nitrogen and oxygen atoms in total. The largest absolute Gasteiger partial charge is 0.390 e. The highest BCUT2D eigenvalue weighted by atomic mass is 16.5. The van der Waals surface area contributed by atoms with E-state index >= 15 is 0 Å². The number of ether oxygens (including phenoxy) is 2. The van der Waals surface area contributed by atoms with E-state index in [4.69, 9.17) is 9.47 Å². The molecule has 0 amide bonds. The molecule has 2 fully saturated rings. The summed E-state index contributed by atoms with van der Waals surface area (Å²) in [6.07, 6.45) is 11.7. The lowest BCUT2D eigenvalue weighted by molar-refractivity contribution is -0.135. The van der Waals surface area contributed by atoms with Gasteiger partial charge in [-0.1, -0.05) is 55.4 Å². The molecule has 0 aromatic carbocycles. The first-order valence-electron chi connectivity index (χ1n) is 17.5. The molecular weight excluding hydrogens is 516 g/mol. The van der Waals surface area contributed by atoms with E-state index in [0.717, 1.165) is 96.3 Å². The molecule has 0 aliphatic heterocycles. The Balaban J connectivity index is 2.01. The molecule has 4 atom stereocenters. The summed E-state index contributed by atoms with van der Waals surface area (Å²) in [7, 11) is 0. The first-order valence-corrected chi connectivity index (χ1v) is 17.5. The lowest BCUT2D eigenvalue weighted by Gasteiger charge is -2.47. The molecule has 0 bridgehead atoms. The molecule has 41 heavy (non-hydrogen) atoms. The predicted molar refractivity (Wildman–Crippen MR) is 168 cm³/mol. The van der Waals surface area contributed by atoms with Crippen LogP contribution in [0.3, 0.4) is 0 Å². The number of aliphatic hydroxyl groups is 4. The lowest BCUT2D eigenvalue weighted by atomic mass is 9.64. The van der Waals surface area contributed by atoms with Crippen molar-refractivity contribution in [1.29, 1.82) is 0 Å². The molecule has 2 aliphatic carbocycles. The Morgan fingerprint density at radius 3 is 0.829 bits per heavy atom. The van der Waals surface area contributed by atoms with Gasteiger partial charge >= 0.3 is 0 Å². The van der Waals surface area contributed by atoms with Gasteiger partial charge in [0, 0.05) is 13.2 Å². The standard InChI is InChI=1S/C35H68O6/c1-9-32(36,10-2)26-20-27(33(37,11-3)12-4)23-30(22-26)40-18-17-19-41-31-24-28(34(38,13-5)14-6)21-29(25-31)35(39,15-7)16-8/h26-31,36-39H,9-25H2,1-8H3. The van der Waals surface area contributed by atoms with Crippen molar-refractivity contribution in [2.24, 2.45) is 23.7 Å². The molecule has 0 heterocycles. The van der Waals surface area contributed by atoms with Crippen LogP contribution in [0, 0.1) is 23.7 Å². The average molecular weight is 585 g/mol. The Bertz CT molecular complexity index is 612. The fourth-order valence-corrected chi connectivity index (χ4v) is 8.43. The zero-order valence-corrected chi connectivity index (χ0v) is 28.1. The highest BCUT2D eigenvalue weighted by molar-refractivity contribution is 4.98. The van der Waals surface area contributed by atoms with Crippen molar-refractivity contribution in [3.63, 3.8) is 0 Å². The van der Waals surface area contributed by atoms with Gasteiger partial charge in [-0.15, -0.1) is 0 Å². The Labute approximate surface area is 253 Å². The Kier molecular flexibility index (Phi) is 14.6. The van der Waals surface area contributed by atoms with Gasteiger partial charge in [0.25, 0.3) is 0 Å². The summed E-state index contributed by atoms with van der Waals surface area (Å²) < 4.78 is 12.9. The van der Waals surface area contributed by atoms with Crippen molar-refractivity contribution >= 4 is 0 Å². The lowest BCUT2D eigenvalue weighted by Crippen LogP contribution is -2.49. The van der Waals surface area contributed by atoms with Gasteiger partial charge in [0.05, 0.1) is 34.6 Å². The van der Waals surface area contributed by atoms with Crippen LogP contribution in [0.25, 0.3) is 0 Å². The second-order valence-electron chi connectivity index (χ2n) is 13.8. The molecule has 6 heteroatoms. The molecule has 0 spiro atoms. The average Bonchev–Trinajstić information content (AvgIpc) is 3.02. The van der Waals surface area contributed by atoms with Crippen LogP contribution in [0.2, 0.25) is 0 Å². The molecule has 2 saturated carbocycles. The van der Waals surface area contributed by atoms with Crippen LogP contribution >= 0.6 is 0 Å². The van der Waals surface area contributed by atoms with E-state index in [2.05, 4.69) is 55.4 Å². The molecule has 0 aromatic heterocycles. The maximum atomic E-state index is 11.4. The Morgan fingerprint density at radius 2 is 0.634 bits per heavy atom. The minimum Gasteiger partial charge on any atom is -0.390 e. The molecule has 2 rings (SSSR count). The van der Waals surface area contributed by atoms with Gasteiger partial charge in [-0.25, -0.2) is 0 Å². The first kappa shape index (κ1) is 36.9. The van der Waals surface area contributed by atoms with Gasteiger partial charge < -0.3 is 29.9 Å². The van der Waals surface area contributed by atoms with Crippen LogP contribution in [0.1, 0.15) is 152 Å². The highest BCUT2D eigenvalue weighted by Gasteiger charge is 2.47. The fraction of sp³-hybridized carbons (Fsp3) is 1.00. The first-order chi connectivity index (χ1) is 19.4. The second-order valence-corrected chi connectivity index (χ2v) is 13.8. The molecule has 0 saturated heterocycles. The number of hydrogen-bond acceptors (Lipinski definition) is 6. The van der Waals surface area contributed by atoms with Crippen molar-refractivity contribution in [1.82, 2.24) is 0 Å². The Hall–Kier alpha value is -0.240. The third-order valence-corrected chi connectivity index (χ3v) is 12.3. The van der Waals surface area contributed by atoms with E-state index < -0.39 is 22.4 Å². The Morgan fingerprint density at radius 1 is 0.415 bits per heavy atom. The second kappa shape index (κ2) is 16.2. The van der Waals surface area contributed by atoms with Crippen LogP contribution in [-0.2, 0) is 9.47 Å². The molecule has 4 unspecified atom stereocenters. The van der Waals surface area contributed by atoms with Gasteiger partial charge in [0.2, 0.25) is 0 Å². The number of rotatable bonds is 18. The topological polar surface area (TPSA) is 99.4 Å². The summed E-state index contributed by atoms with van der Waals surface area (Å²) in [6.45, 7) is 17.7. The van der Waals surface area contributed by atoms with E-state index in [9.17, 15) is 20.4 Å². The van der Waals surface area contributed by atoms with Gasteiger partial charge in [-0.3, -0.25) is 0 Å². The normalized spacial score (nSPS) is 28.7. The maximum Gasteiger partial charge on any atom is 0.0671 e. The van der Waals surface area contributed by atoms with Gasteiger partial charge in [0.1, 0.15) is 0 Å². The summed E-state index contributed by atoms with van der Waals surface area (Å²) >= 11 is 0. The third-order valence-electron chi connectivity index (χ3n) is 12.3. The smallest absolute Gasteiger partial charge is 0.0671 e. The molecule has 244 valence electrons. The highest BCUT2D eigenvalue weighted by Crippen LogP contribution is 2.47. The van der Waals surface area contributed by atoms with Crippen LogP contribution < -0.4 is 0 Å². The van der Waals surface area contributed by atoms with Crippen molar-refractivity contribution in [2.45, 2.75) is 186 Å². The SMILES string of the molecule is CCC(O)(CC)C1CC(OCCCOC2CC(C(O)(CC)CC)CC(C(O)(CC)CC)C2)CC(C(O)(CC)CC)C1. The van der Waals surface area contributed by atoms with Crippen molar-refractivity contribution < 1.29 is 29.9 Å². The number of hydrogen-bond donors (Lipinski definition) is 4. The summed E-state index contributed by atoms with van der Waals surface area (Å²) in [6, 6.07) is 0. The molecule has 2 aliphatic rings. The zero-order chi connectivity index (χ0) is 30.9. The molecule has 4 N–H and O–H groups in total. The summed E-state index contributed by atoms with van der Waals surface area (Å²) in [5.74, 6) is 0.518.